The number of rotatable bonds is 7. The van der Waals surface area contributed by atoms with Crippen LogP contribution in [0.25, 0.3) is 0 Å². The van der Waals surface area contributed by atoms with Crippen molar-refractivity contribution in [1.29, 1.82) is 0 Å². The van der Waals surface area contributed by atoms with E-state index in [9.17, 15) is 9.59 Å². The van der Waals surface area contributed by atoms with Crippen LogP contribution in [-0.4, -0.2) is 60.9 Å². The molecule has 0 aliphatic carbocycles. The van der Waals surface area contributed by atoms with Crippen LogP contribution in [0, 0.1) is 0 Å². The molecule has 3 rings (SSSR count). The van der Waals surface area contributed by atoms with E-state index in [0.29, 0.717) is 40.6 Å². The number of carbonyl (C=O) groups is 2. The second-order valence-electron chi connectivity index (χ2n) is 7.48. The van der Waals surface area contributed by atoms with Gasteiger partial charge in [-0.05, 0) is 44.2 Å². The fourth-order valence-corrected chi connectivity index (χ4v) is 3.95. The van der Waals surface area contributed by atoms with Crippen LogP contribution >= 0.6 is 23.2 Å². The normalized spacial score (nSPS) is 15.2. The minimum absolute atomic E-state index is 0.0750. The summed E-state index contributed by atoms with van der Waals surface area (Å²) in [6.45, 7) is 2.23. The minimum Gasteiger partial charge on any atom is -0.324 e. The molecule has 2 amide bonds. The van der Waals surface area contributed by atoms with Gasteiger partial charge in [0.25, 0.3) is 0 Å². The smallest absolute Gasteiger partial charge is 0.238 e. The Hall–Kier alpha value is -2.12. The highest BCUT2D eigenvalue weighted by atomic mass is 35.5. The maximum absolute atomic E-state index is 12.3. The van der Waals surface area contributed by atoms with E-state index in [-0.39, 0.29) is 11.8 Å². The van der Waals surface area contributed by atoms with Gasteiger partial charge in [-0.2, -0.15) is 0 Å². The molecule has 8 heteroatoms. The van der Waals surface area contributed by atoms with E-state index in [4.69, 9.17) is 23.2 Å². The summed E-state index contributed by atoms with van der Waals surface area (Å²) in [6, 6.07) is 14.7. The summed E-state index contributed by atoms with van der Waals surface area (Å²) in [4.78, 5) is 28.8. The Morgan fingerprint density at radius 3 is 1.97 bits per heavy atom. The molecule has 0 spiro atoms. The largest absolute Gasteiger partial charge is 0.324 e. The molecule has 2 N–H and O–H groups in total. The maximum Gasteiger partial charge on any atom is 0.238 e. The van der Waals surface area contributed by atoms with Crippen LogP contribution in [0.3, 0.4) is 0 Å². The fourth-order valence-electron chi connectivity index (χ4n) is 3.58. The molecule has 0 aromatic heterocycles. The molecule has 1 fully saturated rings. The van der Waals surface area contributed by atoms with Gasteiger partial charge in [0.15, 0.2) is 0 Å². The van der Waals surface area contributed by atoms with E-state index in [1.165, 1.54) is 0 Å². The van der Waals surface area contributed by atoms with Crippen molar-refractivity contribution >= 4 is 46.4 Å². The Kier molecular flexibility index (Phi) is 8.10. The van der Waals surface area contributed by atoms with Crippen LogP contribution < -0.4 is 10.6 Å². The molecule has 160 valence electrons. The average Bonchev–Trinajstić information content (AvgIpc) is 2.72. The van der Waals surface area contributed by atoms with E-state index in [0.717, 1.165) is 25.9 Å². The second-order valence-corrected chi connectivity index (χ2v) is 8.29. The minimum atomic E-state index is -0.0906. The SMILES string of the molecule is CN(CC(=O)Nc1ccccc1Cl)C1CCN(CC(=O)Nc2ccccc2Cl)CC1. The standard InChI is InChI=1S/C22H26Cl2N4O2/c1-27(14-21(29)25-19-8-4-2-6-17(19)23)16-10-12-28(13-11-16)15-22(30)26-20-9-5-3-7-18(20)24/h2-9,16H,10-15H2,1H3,(H,25,29)(H,26,30). The summed E-state index contributed by atoms with van der Waals surface area (Å²) < 4.78 is 0. The second kappa shape index (κ2) is 10.8. The van der Waals surface area contributed by atoms with E-state index >= 15 is 0 Å². The van der Waals surface area contributed by atoms with Gasteiger partial charge >= 0.3 is 0 Å². The third-order valence-corrected chi connectivity index (χ3v) is 5.90. The quantitative estimate of drug-likeness (QED) is 0.672. The monoisotopic (exact) mass is 448 g/mol. The van der Waals surface area contributed by atoms with Crippen molar-refractivity contribution in [1.82, 2.24) is 9.80 Å². The van der Waals surface area contributed by atoms with Crippen LogP contribution in [0.2, 0.25) is 10.0 Å². The molecule has 2 aromatic carbocycles. The van der Waals surface area contributed by atoms with Crippen molar-refractivity contribution in [2.24, 2.45) is 0 Å². The molecule has 1 aliphatic rings. The van der Waals surface area contributed by atoms with Crippen molar-refractivity contribution in [3.8, 4) is 0 Å². The van der Waals surface area contributed by atoms with Crippen LogP contribution in [0.4, 0.5) is 11.4 Å². The molecule has 30 heavy (non-hydrogen) atoms. The summed E-state index contributed by atoms with van der Waals surface area (Å²) in [6.07, 6.45) is 1.80. The van der Waals surface area contributed by atoms with E-state index in [1.54, 1.807) is 24.3 Å². The lowest BCUT2D eigenvalue weighted by molar-refractivity contribution is -0.117. The van der Waals surface area contributed by atoms with Crippen molar-refractivity contribution in [3.63, 3.8) is 0 Å². The molecular weight excluding hydrogens is 423 g/mol. The summed E-state index contributed by atoms with van der Waals surface area (Å²) >= 11 is 12.2. The third kappa shape index (κ3) is 6.44. The lowest BCUT2D eigenvalue weighted by Gasteiger charge is -2.36. The first-order chi connectivity index (χ1) is 14.4. The topological polar surface area (TPSA) is 64.7 Å². The highest BCUT2D eigenvalue weighted by molar-refractivity contribution is 6.34. The van der Waals surface area contributed by atoms with Crippen LogP contribution in [0.5, 0.6) is 0 Å². The Bertz CT molecular complexity index is 885. The third-order valence-electron chi connectivity index (χ3n) is 5.24. The number of benzene rings is 2. The first kappa shape index (κ1) is 22.6. The van der Waals surface area contributed by atoms with Crippen LogP contribution in [0.1, 0.15) is 12.8 Å². The van der Waals surface area contributed by atoms with E-state index in [2.05, 4.69) is 20.4 Å². The van der Waals surface area contributed by atoms with Crippen molar-refractivity contribution in [2.45, 2.75) is 18.9 Å². The van der Waals surface area contributed by atoms with Gasteiger partial charge in [-0.3, -0.25) is 19.4 Å². The molecule has 1 heterocycles. The Morgan fingerprint density at radius 2 is 1.43 bits per heavy atom. The Morgan fingerprint density at radius 1 is 0.933 bits per heavy atom. The highest BCUT2D eigenvalue weighted by Crippen LogP contribution is 2.22. The van der Waals surface area contributed by atoms with Crippen LogP contribution in [-0.2, 0) is 9.59 Å². The van der Waals surface area contributed by atoms with E-state index in [1.807, 2.05) is 31.3 Å². The van der Waals surface area contributed by atoms with E-state index < -0.39 is 0 Å². The first-order valence-electron chi connectivity index (χ1n) is 9.93. The number of nitrogens with one attached hydrogen (secondary N) is 2. The molecule has 0 radical (unpaired) electrons. The van der Waals surface area contributed by atoms with Gasteiger partial charge in [-0.15, -0.1) is 0 Å². The first-order valence-corrected chi connectivity index (χ1v) is 10.7. The zero-order valence-corrected chi connectivity index (χ0v) is 18.4. The molecule has 6 nitrogen and oxygen atoms in total. The summed E-state index contributed by atoms with van der Waals surface area (Å²) in [5.41, 5.74) is 1.25. The van der Waals surface area contributed by atoms with Gasteiger partial charge in [-0.25, -0.2) is 0 Å². The highest BCUT2D eigenvalue weighted by Gasteiger charge is 2.25. The van der Waals surface area contributed by atoms with Gasteiger partial charge in [0, 0.05) is 19.1 Å². The number of halogens is 2. The van der Waals surface area contributed by atoms with Gasteiger partial charge in [0.1, 0.15) is 0 Å². The molecule has 1 aliphatic heterocycles. The number of likely N-dealkylation sites (N-methyl/N-ethyl adjacent to an activating group) is 1. The predicted molar refractivity (Wildman–Crippen MR) is 122 cm³/mol. The van der Waals surface area contributed by atoms with Crippen molar-refractivity contribution < 1.29 is 9.59 Å². The summed E-state index contributed by atoms with van der Waals surface area (Å²) in [7, 11) is 1.95. The molecule has 0 atom stereocenters. The van der Waals surface area contributed by atoms with Crippen molar-refractivity contribution in [2.75, 3.05) is 43.9 Å². The molecule has 0 bridgehead atoms. The van der Waals surface area contributed by atoms with Crippen molar-refractivity contribution in [3.05, 3.63) is 58.6 Å². The molecular formula is C22H26Cl2N4O2. The fraction of sp³-hybridized carbons (Fsp3) is 0.364. The predicted octanol–water partition coefficient (Wildman–Crippen LogP) is 3.97. The molecule has 2 aromatic rings. The number of hydrogen-bond acceptors (Lipinski definition) is 4. The Balaban J connectivity index is 1.41. The number of piperidine rings is 1. The zero-order chi connectivity index (χ0) is 21.5. The number of nitrogens with zero attached hydrogens (tertiary/aromatic N) is 2. The Labute approximate surface area is 187 Å². The maximum atomic E-state index is 12.3. The van der Waals surface area contributed by atoms with Gasteiger partial charge in [-0.1, -0.05) is 47.5 Å². The number of likely N-dealkylation sites (tertiary alicyclic amines) is 1. The zero-order valence-electron chi connectivity index (χ0n) is 16.9. The van der Waals surface area contributed by atoms with Gasteiger partial charge in [0.2, 0.25) is 11.8 Å². The van der Waals surface area contributed by atoms with Gasteiger partial charge in [0.05, 0.1) is 34.5 Å². The average molecular weight is 449 g/mol. The number of hydrogen-bond donors (Lipinski definition) is 2. The number of amides is 2. The molecule has 0 saturated carbocycles. The lowest BCUT2D eigenvalue weighted by Crippen LogP contribution is -2.47. The van der Waals surface area contributed by atoms with Crippen LogP contribution in [0.15, 0.2) is 48.5 Å². The molecule has 1 saturated heterocycles. The lowest BCUT2D eigenvalue weighted by atomic mass is 10.0. The number of anilines is 2. The number of para-hydroxylation sites is 2. The number of carbonyl (C=O) groups excluding carboxylic acids is 2. The summed E-state index contributed by atoms with van der Waals surface area (Å²) in [5, 5.41) is 6.77. The molecule has 0 unspecified atom stereocenters. The van der Waals surface area contributed by atoms with Gasteiger partial charge < -0.3 is 10.6 Å². The summed E-state index contributed by atoms with van der Waals surface area (Å²) in [5.74, 6) is -0.166.